The van der Waals surface area contributed by atoms with Crippen LogP contribution in [-0.2, 0) is 0 Å². The van der Waals surface area contributed by atoms with E-state index in [1.807, 2.05) is 19.1 Å². The second-order valence-corrected chi connectivity index (χ2v) is 9.90. The van der Waals surface area contributed by atoms with Crippen molar-refractivity contribution in [1.82, 2.24) is 14.9 Å². The predicted octanol–water partition coefficient (Wildman–Crippen LogP) is 5.21. The molecule has 7 nitrogen and oxygen atoms in total. The summed E-state index contributed by atoms with van der Waals surface area (Å²) in [5.41, 5.74) is 8.96. The fourth-order valence-electron chi connectivity index (χ4n) is 4.97. The van der Waals surface area contributed by atoms with Crippen LogP contribution in [0.3, 0.4) is 0 Å². The molecule has 35 heavy (non-hydrogen) atoms. The summed E-state index contributed by atoms with van der Waals surface area (Å²) in [5, 5.41) is 9.67. The predicted molar refractivity (Wildman–Crippen MR) is 141 cm³/mol. The van der Waals surface area contributed by atoms with Gasteiger partial charge in [0, 0.05) is 66.6 Å². The molecule has 0 bridgehead atoms. The van der Waals surface area contributed by atoms with Gasteiger partial charge < -0.3 is 15.4 Å². The molecule has 1 unspecified atom stereocenters. The quantitative estimate of drug-likeness (QED) is 0.349. The highest BCUT2D eigenvalue weighted by Gasteiger charge is 2.31. The molecule has 0 aliphatic carbocycles. The minimum Gasteiger partial charge on any atom is -0.486 e. The lowest BCUT2D eigenvalue weighted by Gasteiger charge is -2.38. The van der Waals surface area contributed by atoms with Gasteiger partial charge >= 0.3 is 0 Å². The average molecular weight is 511 g/mol. The average Bonchev–Trinajstić information content (AvgIpc) is 3.33. The number of nitrogen functional groups attached to an aromatic ring is 1. The lowest BCUT2D eigenvalue weighted by atomic mass is 10.0. The molecule has 182 valence electrons. The van der Waals surface area contributed by atoms with E-state index in [1.165, 1.54) is 31.8 Å². The maximum atomic E-state index is 8.79. The molecule has 2 aromatic heterocycles. The van der Waals surface area contributed by atoms with Gasteiger partial charge in [0.05, 0.1) is 15.8 Å². The van der Waals surface area contributed by atoms with Crippen molar-refractivity contribution in [3.63, 3.8) is 0 Å². The van der Waals surface area contributed by atoms with Gasteiger partial charge in [-0.15, -0.1) is 0 Å². The second-order valence-electron chi connectivity index (χ2n) is 9.08. The molecular formula is C26H28Cl2N6O. The van der Waals surface area contributed by atoms with Crippen molar-refractivity contribution < 1.29 is 4.74 Å². The third kappa shape index (κ3) is 4.94. The fraction of sp³-hybridized carbons (Fsp3) is 0.346. The number of halogens is 2. The number of pyridine rings is 2. The Labute approximate surface area is 215 Å². The number of piperazine rings is 1. The molecule has 0 amide bonds. The molecule has 3 aromatic rings. The second kappa shape index (κ2) is 10.0. The van der Waals surface area contributed by atoms with E-state index < -0.39 is 6.10 Å². The van der Waals surface area contributed by atoms with E-state index in [2.05, 4.69) is 19.8 Å². The smallest absolute Gasteiger partial charge is 0.128 e. The van der Waals surface area contributed by atoms with E-state index in [0.29, 0.717) is 49.9 Å². The summed E-state index contributed by atoms with van der Waals surface area (Å²) in [7, 11) is 0. The summed E-state index contributed by atoms with van der Waals surface area (Å²) in [5.74, 6) is 1.52. The first kappa shape index (κ1) is 23.9. The number of rotatable bonds is 6. The third-order valence-electron chi connectivity index (χ3n) is 6.85. The maximum absolute atomic E-state index is 8.79. The highest BCUT2D eigenvalue weighted by molar-refractivity contribution is 6.35. The Morgan fingerprint density at radius 3 is 2.66 bits per heavy atom. The number of hydrogen-bond acceptors (Lipinski definition) is 7. The van der Waals surface area contributed by atoms with Crippen molar-refractivity contribution in [3.8, 4) is 5.75 Å². The number of aromatic nitrogens is 2. The monoisotopic (exact) mass is 510 g/mol. The van der Waals surface area contributed by atoms with Crippen LogP contribution < -0.4 is 15.4 Å². The lowest BCUT2D eigenvalue weighted by molar-refractivity contribution is 0.227. The molecule has 2 saturated heterocycles. The van der Waals surface area contributed by atoms with E-state index in [9.17, 15) is 0 Å². The molecule has 0 saturated carbocycles. The summed E-state index contributed by atoms with van der Waals surface area (Å²) in [6, 6.07) is 9.86. The van der Waals surface area contributed by atoms with Gasteiger partial charge in [-0.25, -0.2) is 4.98 Å². The van der Waals surface area contributed by atoms with Gasteiger partial charge in [-0.2, -0.15) is 0 Å². The van der Waals surface area contributed by atoms with Crippen molar-refractivity contribution in [1.29, 1.82) is 5.41 Å². The largest absolute Gasteiger partial charge is 0.486 e. The SMILES string of the molecule is C[C@@H](Oc1ccc(N)c(C(=N)c2ccc(N3CCN4CCCC4C3)nc2)c1)c1c(Cl)cncc1Cl. The summed E-state index contributed by atoms with van der Waals surface area (Å²) in [6.45, 7) is 6.16. The Bertz CT molecular complexity index is 1210. The zero-order valence-corrected chi connectivity index (χ0v) is 21.1. The molecule has 5 rings (SSSR count). The van der Waals surface area contributed by atoms with Crippen LogP contribution in [0.5, 0.6) is 5.75 Å². The number of nitrogens with one attached hydrogen (secondary N) is 1. The Hall–Kier alpha value is -2.87. The molecule has 2 atom stereocenters. The van der Waals surface area contributed by atoms with E-state index in [1.54, 1.807) is 24.4 Å². The molecule has 3 N–H and O–H groups in total. The van der Waals surface area contributed by atoms with E-state index in [-0.39, 0.29) is 0 Å². The standard InChI is InChI=1S/C26H28Cl2N6O/c1-16(25-21(27)13-31-14-22(25)28)35-19-5-6-23(29)20(11-19)26(30)17-4-7-24(32-12-17)34-10-9-33-8-2-3-18(33)15-34/h4-7,11-14,16,18,30H,2-3,8-10,15,29H2,1H3/t16-,18?/m1/s1. The number of benzene rings is 1. The Morgan fingerprint density at radius 1 is 1.11 bits per heavy atom. The minimum absolute atomic E-state index is 0.292. The number of nitrogens with zero attached hydrogens (tertiary/aromatic N) is 4. The van der Waals surface area contributed by atoms with Gasteiger partial charge in [0.1, 0.15) is 17.7 Å². The van der Waals surface area contributed by atoms with Crippen LogP contribution in [0, 0.1) is 5.41 Å². The van der Waals surface area contributed by atoms with E-state index in [4.69, 9.17) is 39.1 Å². The van der Waals surface area contributed by atoms with Gasteiger partial charge in [-0.05, 0) is 56.6 Å². The summed E-state index contributed by atoms with van der Waals surface area (Å²) >= 11 is 12.6. The highest BCUT2D eigenvalue weighted by atomic mass is 35.5. The first-order valence-electron chi connectivity index (χ1n) is 11.8. The molecule has 9 heteroatoms. The molecular weight excluding hydrogens is 483 g/mol. The molecule has 1 aromatic carbocycles. The van der Waals surface area contributed by atoms with E-state index in [0.717, 1.165) is 25.5 Å². The van der Waals surface area contributed by atoms with Gasteiger partial charge in [0.25, 0.3) is 0 Å². The van der Waals surface area contributed by atoms with Gasteiger partial charge in [0.2, 0.25) is 0 Å². The van der Waals surface area contributed by atoms with Crippen molar-refractivity contribution in [2.75, 3.05) is 36.8 Å². The molecule has 0 spiro atoms. The normalized spacial score (nSPS) is 18.8. The lowest BCUT2D eigenvalue weighted by Crippen LogP contribution is -2.50. The van der Waals surface area contributed by atoms with Gasteiger partial charge in [-0.3, -0.25) is 15.3 Å². The van der Waals surface area contributed by atoms with Crippen LogP contribution in [0.15, 0.2) is 48.9 Å². The van der Waals surface area contributed by atoms with Crippen molar-refractivity contribution in [2.45, 2.75) is 31.9 Å². The minimum atomic E-state index is -0.412. The van der Waals surface area contributed by atoms with Gasteiger partial charge in [-0.1, -0.05) is 23.2 Å². The van der Waals surface area contributed by atoms with Crippen molar-refractivity contribution >= 4 is 40.4 Å². The maximum Gasteiger partial charge on any atom is 0.128 e. The Balaban J connectivity index is 1.31. The summed E-state index contributed by atoms with van der Waals surface area (Å²) in [4.78, 5) is 13.6. The topological polar surface area (TPSA) is 91.4 Å². The molecule has 2 aliphatic heterocycles. The number of hydrogen-bond donors (Lipinski definition) is 2. The van der Waals surface area contributed by atoms with Crippen LogP contribution in [0.4, 0.5) is 11.5 Å². The highest BCUT2D eigenvalue weighted by Crippen LogP contribution is 2.33. The summed E-state index contributed by atoms with van der Waals surface area (Å²) in [6.07, 6.45) is 6.96. The van der Waals surface area contributed by atoms with Crippen LogP contribution in [-0.4, -0.2) is 52.8 Å². The first-order valence-corrected chi connectivity index (χ1v) is 12.6. The van der Waals surface area contributed by atoms with Crippen LogP contribution in [0.2, 0.25) is 10.0 Å². The number of nitrogens with two attached hydrogens (primary N) is 1. The van der Waals surface area contributed by atoms with Gasteiger partial charge in [0.15, 0.2) is 0 Å². The Kier molecular flexibility index (Phi) is 6.82. The van der Waals surface area contributed by atoms with Crippen LogP contribution in [0.25, 0.3) is 0 Å². The Morgan fingerprint density at radius 2 is 1.91 bits per heavy atom. The molecule has 2 fully saturated rings. The zero-order chi connectivity index (χ0) is 24.5. The zero-order valence-electron chi connectivity index (χ0n) is 19.5. The molecule has 4 heterocycles. The third-order valence-corrected chi connectivity index (χ3v) is 7.45. The van der Waals surface area contributed by atoms with Crippen LogP contribution in [0.1, 0.15) is 42.6 Å². The van der Waals surface area contributed by atoms with E-state index >= 15 is 0 Å². The number of ether oxygens (including phenoxy) is 1. The van der Waals surface area contributed by atoms with Crippen molar-refractivity contribution in [3.05, 3.63) is 75.7 Å². The first-order chi connectivity index (χ1) is 16.9. The summed E-state index contributed by atoms with van der Waals surface area (Å²) < 4.78 is 6.10. The van der Waals surface area contributed by atoms with Crippen molar-refractivity contribution in [2.24, 2.45) is 0 Å². The number of anilines is 2. The number of fused-ring (bicyclic) bond motifs is 1. The van der Waals surface area contributed by atoms with Crippen LogP contribution >= 0.6 is 23.2 Å². The molecule has 0 radical (unpaired) electrons. The molecule has 2 aliphatic rings. The fourth-order valence-corrected chi connectivity index (χ4v) is 5.65.